The molecule has 0 aliphatic rings. The van der Waals surface area contributed by atoms with E-state index in [2.05, 4.69) is 20.5 Å². The highest BCUT2D eigenvalue weighted by Crippen LogP contribution is 2.25. The fourth-order valence-corrected chi connectivity index (χ4v) is 2.14. The van der Waals surface area contributed by atoms with Crippen molar-refractivity contribution in [2.75, 3.05) is 18.4 Å². The van der Waals surface area contributed by atoms with Gasteiger partial charge in [0.15, 0.2) is 11.6 Å². The SMILES string of the molecule is NCCNc1nc(-c2ccccc2)nnc1-c1ccccc1. The molecular formula is C17H17N5. The van der Waals surface area contributed by atoms with Crippen LogP contribution in [0.5, 0.6) is 0 Å². The van der Waals surface area contributed by atoms with Crippen LogP contribution in [0.15, 0.2) is 60.7 Å². The van der Waals surface area contributed by atoms with Crippen LogP contribution in [0.2, 0.25) is 0 Å². The summed E-state index contributed by atoms with van der Waals surface area (Å²) in [6.45, 7) is 1.16. The quantitative estimate of drug-likeness (QED) is 0.755. The van der Waals surface area contributed by atoms with Gasteiger partial charge >= 0.3 is 0 Å². The molecule has 22 heavy (non-hydrogen) atoms. The van der Waals surface area contributed by atoms with Gasteiger partial charge in [-0.05, 0) is 0 Å². The highest BCUT2D eigenvalue weighted by molar-refractivity contribution is 5.72. The molecule has 1 heterocycles. The summed E-state index contributed by atoms with van der Waals surface area (Å²) in [7, 11) is 0. The van der Waals surface area contributed by atoms with Crippen molar-refractivity contribution in [2.45, 2.75) is 0 Å². The maximum absolute atomic E-state index is 5.59. The third kappa shape index (κ3) is 3.10. The number of benzene rings is 2. The highest BCUT2D eigenvalue weighted by Gasteiger charge is 2.11. The Hall–Kier alpha value is -2.79. The number of hydrogen-bond acceptors (Lipinski definition) is 5. The molecule has 0 saturated carbocycles. The molecule has 0 unspecified atom stereocenters. The summed E-state index contributed by atoms with van der Waals surface area (Å²) in [5, 5.41) is 11.9. The molecule has 5 heteroatoms. The van der Waals surface area contributed by atoms with Crippen LogP contribution in [0.25, 0.3) is 22.6 Å². The first-order valence-corrected chi connectivity index (χ1v) is 7.18. The Morgan fingerprint density at radius 2 is 1.45 bits per heavy atom. The first-order chi connectivity index (χ1) is 10.9. The lowest BCUT2D eigenvalue weighted by Gasteiger charge is -2.10. The van der Waals surface area contributed by atoms with Gasteiger partial charge < -0.3 is 11.1 Å². The Morgan fingerprint density at radius 3 is 2.09 bits per heavy atom. The van der Waals surface area contributed by atoms with Crippen LogP contribution in [0.4, 0.5) is 5.82 Å². The third-order valence-electron chi connectivity index (χ3n) is 3.20. The first-order valence-electron chi connectivity index (χ1n) is 7.18. The molecule has 0 spiro atoms. The molecule has 110 valence electrons. The van der Waals surface area contributed by atoms with Crippen LogP contribution in [0.1, 0.15) is 0 Å². The number of anilines is 1. The summed E-state index contributed by atoms with van der Waals surface area (Å²) in [5.74, 6) is 1.30. The predicted molar refractivity (Wildman–Crippen MR) is 88.2 cm³/mol. The van der Waals surface area contributed by atoms with E-state index in [-0.39, 0.29) is 0 Å². The minimum Gasteiger partial charge on any atom is -0.367 e. The molecule has 5 nitrogen and oxygen atoms in total. The fourth-order valence-electron chi connectivity index (χ4n) is 2.14. The number of nitrogens with zero attached hydrogens (tertiary/aromatic N) is 3. The average Bonchev–Trinajstić information content (AvgIpc) is 2.61. The molecule has 0 radical (unpaired) electrons. The fraction of sp³-hybridized carbons (Fsp3) is 0.118. The van der Waals surface area contributed by atoms with E-state index in [9.17, 15) is 0 Å². The van der Waals surface area contributed by atoms with E-state index in [1.54, 1.807) is 0 Å². The highest BCUT2D eigenvalue weighted by atomic mass is 15.2. The van der Waals surface area contributed by atoms with Crippen molar-refractivity contribution in [1.29, 1.82) is 0 Å². The van der Waals surface area contributed by atoms with Gasteiger partial charge in [-0.15, -0.1) is 10.2 Å². The zero-order valence-electron chi connectivity index (χ0n) is 12.1. The molecule has 2 aromatic carbocycles. The first kappa shape index (κ1) is 14.2. The van der Waals surface area contributed by atoms with Gasteiger partial charge in [0.1, 0.15) is 5.69 Å². The number of rotatable bonds is 5. The van der Waals surface area contributed by atoms with Gasteiger partial charge in [0.2, 0.25) is 0 Å². The number of aromatic nitrogens is 3. The van der Waals surface area contributed by atoms with Gasteiger partial charge in [0.25, 0.3) is 0 Å². The maximum Gasteiger partial charge on any atom is 0.183 e. The lowest BCUT2D eigenvalue weighted by Crippen LogP contribution is -2.15. The standard InChI is InChI=1S/C17H17N5/c18-11-12-19-17-15(13-7-3-1-4-8-13)21-22-16(20-17)14-9-5-2-6-10-14/h1-10H,11-12,18H2,(H,19,20,22). The van der Waals surface area contributed by atoms with Crippen LogP contribution in [-0.4, -0.2) is 28.3 Å². The molecule has 0 bridgehead atoms. The topological polar surface area (TPSA) is 76.7 Å². The lowest BCUT2D eigenvalue weighted by atomic mass is 10.1. The molecule has 0 amide bonds. The van der Waals surface area contributed by atoms with Gasteiger partial charge in [-0.2, -0.15) is 0 Å². The summed E-state index contributed by atoms with van der Waals surface area (Å²) >= 11 is 0. The average molecular weight is 291 g/mol. The summed E-state index contributed by atoms with van der Waals surface area (Å²) in [4.78, 5) is 4.62. The van der Waals surface area contributed by atoms with E-state index in [0.717, 1.165) is 16.8 Å². The Labute approximate surface area is 129 Å². The Kier molecular flexibility index (Phi) is 4.36. The Bertz CT molecular complexity index is 729. The van der Waals surface area contributed by atoms with Crippen molar-refractivity contribution < 1.29 is 0 Å². The summed E-state index contributed by atoms with van der Waals surface area (Å²) in [6, 6.07) is 19.7. The van der Waals surface area contributed by atoms with Gasteiger partial charge in [-0.3, -0.25) is 0 Å². The van der Waals surface area contributed by atoms with Gasteiger partial charge in [0.05, 0.1) is 0 Å². The molecule has 0 atom stereocenters. The van der Waals surface area contributed by atoms with E-state index >= 15 is 0 Å². The monoisotopic (exact) mass is 291 g/mol. The Morgan fingerprint density at radius 1 is 0.818 bits per heavy atom. The van der Waals surface area contributed by atoms with Crippen LogP contribution in [-0.2, 0) is 0 Å². The smallest absolute Gasteiger partial charge is 0.183 e. The van der Waals surface area contributed by atoms with Crippen LogP contribution in [0.3, 0.4) is 0 Å². The largest absolute Gasteiger partial charge is 0.367 e. The molecule has 0 saturated heterocycles. The van der Waals surface area contributed by atoms with E-state index in [1.165, 1.54) is 0 Å². The number of nitrogens with one attached hydrogen (secondary N) is 1. The van der Waals surface area contributed by atoms with Crippen molar-refractivity contribution in [2.24, 2.45) is 5.73 Å². The summed E-state index contributed by atoms with van der Waals surface area (Å²) < 4.78 is 0. The maximum atomic E-state index is 5.59. The van der Waals surface area contributed by atoms with Crippen molar-refractivity contribution in [3.63, 3.8) is 0 Å². The summed E-state index contributed by atoms with van der Waals surface area (Å²) in [5.41, 5.74) is 8.23. The van der Waals surface area contributed by atoms with E-state index in [1.807, 2.05) is 60.7 Å². The molecule has 0 fully saturated rings. The summed E-state index contributed by atoms with van der Waals surface area (Å²) in [6.07, 6.45) is 0. The van der Waals surface area contributed by atoms with Crippen LogP contribution < -0.4 is 11.1 Å². The Balaban J connectivity index is 2.04. The van der Waals surface area contributed by atoms with Gasteiger partial charge in [0, 0.05) is 24.2 Å². The second-order valence-corrected chi connectivity index (χ2v) is 4.78. The van der Waals surface area contributed by atoms with E-state index < -0.39 is 0 Å². The lowest BCUT2D eigenvalue weighted by molar-refractivity contribution is 0.959. The zero-order chi connectivity index (χ0) is 15.2. The van der Waals surface area contributed by atoms with Crippen molar-refractivity contribution in [3.05, 3.63) is 60.7 Å². The normalized spacial score (nSPS) is 10.4. The van der Waals surface area contributed by atoms with Crippen molar-refractivity contribution in [3.8, 4) is 22.6 Å². The van der Waals surface area contributed by atoms with Crippen LogP contribution in [0, 0.1) is 0 Å². The second kappa shape index (κ2) is 6.78. The molecular weight excluding hydrogens is 274 g/mol. The van der Waals surface area contributed by atoms with E-state index in [0.29, 0.717) is 24.7 Å². The molecule has 0 aliphatic carbocycles. The van der Waals surface area contributed by atoms with Crippen molar-refractivity contribution >= 4 is 5.82 Å². The predicted octanol–water partition coefficient (Wildman–Crippen LogP) is 2.58. The molecule has 0 aliphatic heterocycles. The third-order valence-corrected chi connectivity index (χ3v) is 3.20. The van der Waals surface area contributed by atoms with Crippen molar-refractivity contribution in [1.82, 2.24) is 15.2 Å². The minimum absolute atomic E-state index is 0.527. The zero-order valence-corrected chi connectivity index (χ0v) is 12.1. The molecule has 1 aromatic heterocycles. The second-order valence-electron chi connectivity index (χ2n) is 4.78. The molecule has 3 rings (SSSR count). The van der Waals surface area contributed by atoms with E-state index in [4.69, 9.17) is 5.73 Å². The molecule has 3 N–H and O–H groups in total. The minimum atomic E-state index is 0.527. The van der Waals surface area contributed by atoms with Crippen LogP contribution >= 0.6 is 0 Å². The van der Waals surface area contributed by atoms with Gasteiger partial charge in [-0.1, -0.05) is 60.7 Å². The van der Waals surface area contributed by atoms with Gasteiger partial charge in [-0.25, -0.2) is 4.98 Å². The number of nitrogens with two attached hydrogens (primary N) is 1. The molecule has 3 aromatic rings. The number of hydrogen-bond donors (Lipinski definition) is 2.